The number of carbonyl (C=O) groups is 3. The molecule has 0 aromatic rings. The van der Waals surface area contributed by atoms with Gasteiger partial charge in [0.05, 0.1) is 12.0 Å². The Hall–Kier alpha value is -1.99. The van der Waals surface area contributed by atoms with Crippen molar-refractivity contribution in [3.05, 3.63) is 23.3 Å². The molecule has 7 atom stereocenters. The van der Waals surface area contributed by atoms with E-state index in [-0.39, 0.29) is 12.8 Å². The van der Waals surface area contributed by atoms with Crippen molar-refractivity contribution in [1.29, 1.82) is 0 Å². The van der Waals surface area contributed by atoms with Crippen LogP contribution in [0.2, 0.25) is 0 Å². The van der Waals surface area contributed by atoms with E-state index in [0.717, 1.165) is 0 Å². The van der Waals surface area contributed by atoms with Gasteiger partial charge in [0.25, 0.3) is 0 Å². The van der Waals surface area contributed by atoms with Gasteiger partial charge >= 0.3 is 11.9 Å². The maximum atomic E-state index is 13.7. The van der Waals surface area contributed by atoms with Gasteiger partial charge in [-0.15, -0.1) is 0 Å². The SMILES string of the molecule is CC1OC(=O)CC2=C1C=CC1(C)C(CC3(C)OC(=O)[C@]1(C)C(O)(C(C)C)C3=O)C2(C)O. The first kappa shape index (κ1) is 22.2. The minimum Gasteiger partial charge on any atom is -0.458 e. The van der Waals surface area contributed by atoms with Crippen LogP contribution in [0.5, 0.6) is 0 Å². The van der Waals surface area contributed by atoms with Crippen LogP contribution in [0.25, 0.3) is 0 Å². The number of Topliss-reactive ketones (excluding diaryl/α,β-unsaturated/α-hetero) is 1. The van der Waals surface area contributed by atoms with Gasteiger partial charge in [0.15, 0.2) is 5.60 Å². The molecule has 3 heterocycles. The Morgan fingerprint density at radius 2 is 1.71 bits per heavy atom. The van der Waals surface area contributed by atoms with E-state index in [1.807, 2.05) is 6.08 Å². The van der Waals surface area contributed by atoms with E-state index >= 15 is 0 Å². The monoisotopic (exact) mass is 432 g/mol. The highest BCUT2D eigenvalue weighted by Gasteiger charge is 2.79. The zero-order valence-electron chi connectivity index (χ0n) is 19.2. The Kier molecular flexibility index (Phi) is 4.35. The highest BCUT2D eigenvalue weighted by Crippen LogP contribution is 2.67. The highest BCUT2D eigenvalue weighted by molar-refractivity contribution is 6.05. The van der Waals surface area contributed by atoms with Gasteiger partial charge in [-0.1, -0.05) is 32.9 Å². The molecule has 0 spiro atoms. The molecule has 0 amide bonds. The van der Waals surface area contributed by atoms with Gasteiger partial charge in [-0.2, -0.15) is 0 Å². The minimum atomic E-state index is -2.00. The topological polar surface area (TPSA) is 110 Å². The summed E-state index contributed by atoms with van der Waals surface area (Å²) < 4.78 is 11.1. The lowest BCUT2D eigenvalue weighted by Gasteiger charge is -2.57. The van der Waals surface area contributed by atoms with Gasteiger partial charge in [-0.05, 0) is 44.8 Å². The number of aliphatic hydroxyl groups is 2. The van der Waals surface area contributed by atoms with Crippen LogP contribution < -0.4 is 0 Å². The Morgan fingerprint density at radius 1 is 1.10 bits per heavy atom. The molecule has 5 aliphatic rings. The third-order valence-corrected chi connectivity index (χ3v) is 8.86. The maximum Gasteiger partial charge on any atom is 0.317 e. The molecule has 3 aliphatic heterocycles. The summed E-state index contributed by atoms with van der Waals surface area (Å²) in [5, 5.41) is 23.9. The second kappa shape index (κ2) is 6.07. The van der Waals surface area contributed by atoms with Crippen LogP contribution in [0.4, 0.5) is 0 Å². The smallest absolute Gasteiger partial charge is 0.317 e. The third kappa shape index (κ3) is 2.34. The number of ether oxygens (including phenoxy) is 2. The van der Waals surface area contributed by atoms with Crippen LogP contribution in [0.3, 0.4) is 0 Å². The van der Waals surface area contributed by atoms with Crippen molar-refractivity contribution >= 4 is 17.7 Å². The molecular formula is C24H32O7. The minimum absolute atomic E-state index is 0.0240. The van der Waals surface area contributed by atoms with E-state index in [2.05, 4.69) is 0 Å². The Labute approximate surface area is 182 Å². The second-order valence-electron chi connectivity index (χ2n) is 10.8. The predicted octanol–water partition coefficient (Wildman–Crippen LogP) is 2.24. The quantitative estimate of drug-likeness (QED) is 0.612. The van der Waals surface area contributed by atoms with Crippen LogP contribution >= 0.6 is 0 Å². The third-order valence-electron chi connectivity index (χ3n) is 8.86. The fraction of sp³-hybridized carbons (Fsp3) is 0.708. The molecule has 6 unspecified atom stereocenters. The molecule has 7 nitrogen and oxygen atoms in total. The number of cyclic esters (lactones) is 1. The second-order valence-corrected chi connectivity index (χ2v) is 10.8. The molecular weight excluding hydrogens is 400 g/mol. The molecule has 1 saturated carbocycles. The zero-order valence-corrected chi connectivity index (χ0v) is 19.2. The molecule has 0 radical (unpaired) electrons. The van der Waals surface area contributed by atoms with E-state index < -0.39 is 63.3 Å². The number of esters is 2. The van der Waals surface area contributed by atoms with Crippen molar-refractivity contribution in [2.45, 2.75) is 84.2 Å². The summed E-state index contributed by atoms with van der Waals surface area (Å²) in [6, 6.07) is 0. The van der Waals surface area contributed by atoms with Gasteiger partial charge in [0.2, 0.25) is 5.78 Å². The molecule has 7 heteroatoms. The predicted molar refractivity (Wildman–Crippen MR) is 111 cm³/mol. The molecule has 5 rings (SSSR count). The van der Waals surface area contributed by atoms with Crippen molar-refractivity contribution in [2.24, 2.45) is 22.7 Å². The van der Waals surface area contributed by atoms with Crippen molar-refractivity contribution in [1.82, 2.24) is 0 Å². The van der Waals surface area contributed by atoms with Crippen molar-refractivity contribution in [2.75, 3.05) is 0 Å². The summed E-state index contributed by atoms with van der Waals surface area (Å²) in [5.41, 5.74) is -6.73. The van der Waals surface area contributed by atoms with Crippen LogP contribution in [-0.2, 0) is 23.9 Å². The van der Waals surface area contributed by atoms with E-state index in [1.165, 1.54) is 6.92 Å². The molecule has 170 valence electrons. The summed E-state index contributed by atoms with van der Waals surface area (Å²) in [6.45, 7) is 11.7. The summed E-state index contributed by atoms with van der Waals surface area (Å²) in [5.74, 6) is -2.88. The Balaban J connectivity index is 2.06. The molecule has 2 N–H and O–H groups in total. The number of allylic oxidation sites excluding steroid dienone is 1. The van der Waals surface area contributed by atoms with E-state index in [1.54, 1.807) is 47.6 Å². The normalized spacial score (nSPS) is 49.3. The van der Waals surface area contributed by atoms with Crippen LogP contribution in [0.1, 0.15) is 61.3 Å². The molecule has 0 aromatic carbocycles. The van der Waals surface area contributed by atoms with Crippen molar-refractivity contribution < 1.29 is 34.1 Å². The van der Waals surface area contributed by atoms with E-state index in [9.17, 15) is 24.6 Å². The number of hydrogen-bond acceptors (Lipinski definition) is 7. The number of fused-ring (bicyclic) bond motifs is 2. The largest absolute Gasteiger partial charge is 0.458 e. The number of ketones is 1. The first-order valence-electron chi connectivity index (χ1n) is 10.9. The first-order valence-corrected chi connectivity index (χ1v) is 10.9. The average Bonchev–Trinajstić information content (AvgIpc) is 2.80. The number of hydrogen-bond donors (Lipinski definition) is 2. The first-order chi connectivity index (χ1) is 14.1. The highest BCUT2D eigenvalue weighted by atomic mass is 16.6. The Bertz CT molecular complexity index is 959. The Morgan fingerprint density at radius 3 is 2.29 bits per heavy atom. The van der Waals surface area contributed by atoms with E-state index in [4.69, 9.17) is 9.47 Å². The van der Waals surface area contributed by atoms with Gasteiger partial charge in [-0.3, -0.25) is 14.4 Å². The lowest BCUT2D eigenvalue weighted by Crippen LogP contribution is -2.72. The van der Waals surface area contributed by atoms with Crippen LogP contribution in [0, 0.1) is 22.7 Å². The fourth-order valence-corrected chi connectivity index (χ4v) is 6.73. The average molecular weight is 433 g/mol. The fourth-order valence-electron chi connectivity index (χ4n) is 6.73. The molecule has 2 bridgehead atoms. The van der Waals surface area contributed by atoms with E-state index in [0.29, 0.717) is 11.1 Å². The molecule has 2 saturated heterocycles. The molecule has 0 aromatic heterocycles. The van der Waals surface area contributed by atoms with Crippen LogP contribution in [-0.4, -0.2) is 50.8 Å². The summed E-state index contributed by atoms with van der Waals surface area (Å²) in [4.78, 5) is 39.5. The number of rotatable bonds is 1. The lowest BCUT2D eigenvalue weighted by atomic mass is 9.48. The van der Waals surface area contributed by atoms with Crippen molar-refractivity contribution in [3.63, 3.8) is 0 Å². The summed E-state index contributed by atoms with van der Waals surface area (Å²) in [7, 11) is 0. The number of carbonyl (C=O) groups excluding carboxylic acids is 3. The zero-order chi connectivity index (χ0) is 23.4. The van der Waals surface area contributed by atoms with Crippen molar-refractivity contribution in [3.8, 4) is 0 Å². The van der Waals surface area contributed by atoms with Gasteiger partial charge in [0, 0.05) is 17.8 Å². The molecule has 2 aliphatic carbocycles. The van der Waals surface area contributed by atoms with Gasteiger partial charge in [0.1, 0.15) is 17.1 Å². The van der Waals surface area contributed by atoms with Crippen LogP contribution in [0.15, 0.2) is 23.3 Å². The lowest BCUT2D eigenvalue weighted by molar-refractivity contribution is -0.230. The molecule has 31 heavy (non-hydrogen) atoms. The van der Waals surface area contributed by atoms with Gasteiger partial charge < -0.3 is 19.7 Å². The van der Waals surface area contributed by atoms with Gasteiger partial charge in [-0.25, -0.2) is 0 Å². The summed E-state index contributed by atoms with van der Waals surface area (Å²) in [6.07, 6.45) is 2.99. The standard InChI is InChI=1S/C24H32O7/c1-12(2)24(29)18(26)21(5)11-16-20(4,23(24,7)19(27)31-21)9-8-14-13(3)30-17(25)10-15(14)22(16,6)28/h8-9,12-13,16,28-29H,10-11H2,1-7H3/t13?,16?,20?,21?,22?,23-,24?/m0/s1. The molecule has 3 fully saturated rings. The maximum absolute atomic E-state index is 13.7. The summed E-state index contributed by atoms with van der Waals surface area (Å²) >= 11 is 0.